The number of likely N-dealkylation sites (tertiary alicyclic amines) is 1. The van der Waals surface area contributed by atoms with Gasteiger partial charge >= 0.3 is 0 Å². The summed E-state index contributed by atoms with van der Waals surface area (Å²) in [5.74, 6) is 0.903. The molecule has 2 aromatic heterocycles. The lowest BCUT2D eigenvalue weighted by atomic mass is 10.0. The summed E-state index contributed by atoms with van der Waals surface area (Å²) in [4.78, 5) is 21.8. The summed E-state index contributed by atoms with van der Waals surface area (Å²) in [6.45, 7) is 4.60. The van der Waals surface area contributed by atoms with Crippen LogP contribution < -0.4 is 5.73 Å². The Hall–Kier alpha value is -2.28. The van der Waals surface area contributed by atoms with Crippen LogP contribution in [0.25, 0.3) is 11.4 Å². The highest BCUT2D eigenvalue weighted by molar-refractivity contribution is 5.73. The zero-order valence-electron chi connectivity index (χ0n) is 12.7. The number of hydrogen-bond acceptors (Lipinski definition) is 6. The van der Waals surface area contributed by atoms with Crippen molar-refractivity contribution in [2.45, 2.75) is 32.2 Å². The van der Waals surface area contributed by atoms with Crippen molar-refractivity contribution in [3.05, 3.63) is 29.9 Å². The molecule has 0 spiro atoms. The van der Waals surface area contributed by atoms with Crippen LogP contribution in [-0.4, -0.2) is 39.0 Å². The third kappa shape index (κ3) is 2.48. The Balaban J connectivity index is 1.90. The first-order valence-corrected chi connectivity index (χ1v) is 7.35. The van der Waals surface area contributed by atoms with Crippen molar-refractivity contribution in [2.24, 2.45) is 5.73 Å². The molecule has 1 aliphatic rings. The lowest BCUT2D eigenvalue weighted by Crippen LogP contribution is -2.41. The van der Waals surface area contributed by atoms with Crippen LogP contribution in [0.1, 0.15) is 31.7 Å². The predicted octanol–water partition coefficient (Wildman–Crippen LogP) is 1.10. The molecule has 2 aromatic rings. The van der Waals surface area contributed by atoms with Crippen molar-refractivity contribution in [3.8, 4) is 11.4 Å². The van der Waals surface area contributed by atoms with Gasteiger partial charge < -0.3 is 15.2 Å². The molecule has 1 aliphatic heterocycles. The van der Waals surface area contributed by atoms with Crippen molar-refractivity contribution in [3.63, 3.8) is 0 Å². The van der Waals surface area contributed by atoms with Gasteiger partial charge in [-0.15, -0.1) is 0 Å². The molecule has 7 nitrogen and oxygen atoms in total. The molecule has 22 heavy (non-hydrogen) atoms. The second kappa shape index (κ2) is 5.49. The molecule has 0 aliphatic carbocycles. The van der Waals surface area contributed by atoms with E-state index in [1.54, 1.807) is 17.3 Å². The molecule has 1 atom stereocenters. The maximum atomic E-state index is 11.5. The maximum Gasteiger partial charge on any atom is 0.248 e. The Labute approximate surface area is 128 Å². The first-order valence-electron chi connectivity index (χ1n) is 7.35. The minimum Gasteiger partial charge on any atom is -0.340 e. The van der Waals surface area contributed by atoms with Gasteiger partial charge in [0.15, 0.2) is 0 Å². The third-order valence-corrected chi connectivity index (χ3v) is 4.12. The molecule has 3 heterocycles. The highest BCUT2D eigenvalue weighted by atomic mass is 16.5. The van der Waals surface area contributed by atoms with Crippen LogP contribution in [0.3, 0.4) is 0 Å². The number of amides is 1. The van der Waals surface area contributed by atoms with Gasteiger partial charge in [-0.2, -0.15) is 4.98 Å². The fourth-order valence-electron chi connectivity index (χ4n) is 2.74. The molecular weight excluding hydrogens is 282 g/mol. The molecule has 1 saturated heterocycles. The van der Waals surface area contributed by atoms with Crippen LogP contribution in [0.15, 0.2) is 23.0 Å². The Morgan fingerprint density at radius 2 is 2.36 bits per heavy atom. The summed E-state index contributed by atoms with van der Waals surface area (Å²) in [6.07, 6.45) is 4.95. The van der Waals surface area contributed by atoms with E-state index in [1.165, 1.54) is 6.92 Å². The fraction of sp³-hybridized carbons (Fsp3) is 0.467. The van der Waals surface area contributed by atoms with E-state index in [0.717, 1.165) is 17.5 Å². The number of nitrogens with two attached hydrogens (primary N) is 1. The average Bonchev–Trinajstić information content (AvgIpc) is 3.15. The molecule has 0 radical (unpaired) electrons. The molecule has 2 N–H and O–H groups in total. The van der Waals surface area contributed by atoms with Gasteiger partial charge in [-0.25, -0.2) is 0 Å². The Kier molecular flexibility index (Phi) is 3.66. The van der Waals surface area contributed by atoms with Gasteiger partial charge in [-0.3, -0.25) is 9.78 Å². The van der Waals surface area contributed by atoms with Crippen molar-refractivity contribution in [1.82, 2.24) is 20.0 Å². The zero-order valence-corrected chi connectivity index (χ0v) is 12.7. The topological polar surface area (TPSA) is 98.1 Å². The van der Waals surface area contributed by atoms with E-state index < -0.39 is 5.54 Å². The average molecular weight is 301 g/mol. The monoisotopic (exact) mass is 301 g/mol. The number of aromatic nitrogens is 3. The number of rotatable bonds is 3. The van der Waals surface area contributed by atoms with Crippen molar-refractivity contribution >= 4 is 5.91 Å². The molecule has 3 rings (SSSR count). The van der Waals surface area contributed by atoms with E-state index in [9.17, 15) is 4.79 Å². The minimum absolute atomic E-state index is 0.00877. The first kappa shape index (κ1) is 14.6. The molecule has 116 valence electrons. The lowest BCUT2D eigenvalue weighted by molar-refractivity contribution is -0.128. The summed E-state index contributed by atoms with van der Waals surface area (Å²) in [5.41, 5.74) is 7.55. The predicted molar refractivity (Wildman–Crippen MR) is 79.6 cm³/mol. The van der Waals surface area contributed by atoms with Gasteiger partial charge in [0.1, 0.15) is 5.54 Å². The molecule has 0 bridgehead atoms. The largest absolute Gasteiger partial charge is 0.340 e. The summed E-state index contributed by atoms with van der Waals surface area (Å²) in [7, 11) is 0. The number of carbonyl (C=O) groups is 1. The van der Waals surface area contributed by atoms with Gasteiger partial charge in [0.05, 0.1) is 0 Å². The lowest BCUT2D eigenvalue weighted by Gasteiger charge is -2.19. The zero-order chi connectivity index (χ0) is 15.7. The van der Waals surface area contributed by atoms with Gasteiger partial charge in [0.2, 0.25) is 17.6 Å². The van der Waals surface area contributed by atoms with E-state index in [2.05, 4.69) is 15.1 Å². The molecule has 7 heteroatoms. The molecule has 0 aromatic carbocycles. The van der Waals surface area contributed by atoms with Crippen molar-refractivity contribution in [1.29, 1.82) is 0 Å². The first-order chi connectivity index (χ1) is 10.5. The summed E-state index contributed by atoms with van der Waals surface area (Å²) >= 11 is 0. The number of aryl methyl sites for hydroxylation is 1. The Morgan fingerprint density at radius 1 is 1.55 bits per heavy atom. The molecule has 1 unspecified atom stereocenters. The Bertz CT molecular complexity index is 699. The standard InChI is InChI=1S/C15H19N5O2/c1-3-11-8-17-6-4-12(11)13-18-14(22-19-13)15(16)5-7-20(9-15)10(2)21/h4,6,8H,3,5,7,9,16H2,1-2H3. The fourth-order valence-corrected chi connectivity index (χ4v) is 2.74. The number of carbonyl (C=O) groups excluding carboxylic acids is 1. The molecule has 1 amide bonds. The van der Waals surface area contributed by atoms with Gasteiger partial charge in [-0.1, -0.05) is 12.1 Å². The molecule has 0 saturated carbocycles. The number of hydrogen-bond donors (Lipinski definition) is 1. The minimum atomic E-state index is -0.768. The summed E-state index contributed by atoms with van der Waals surface area (Å²) in [5, 5.41) is 4.06. The summed E-state index contributed by atoms with van der Waals surface area (Å²) in [6, 6.07) is 1.87. The third-order valence-electron chi connectivity index (χ3n) is 4.12. The maximum absolute atomic E-state index is 11.5. The van der Waals surface area contributed by atoms with Crippen molar-refractivity contribution in [2.75, 3.05) is 13.1 Å². The van der Waals surface area contributed by atoms with Gasteiger partial charge in [0.25, 0.3) is 0 Å². The Morgan fingerprint density at radius 3 is 3.05 bits per heavy atom. The van der Waals surface area contributed by atoms with E-state index >= 15 is 0 Å². The van der Waals surface area contributed by atoms with Crippen LogP contribution in [0.2, 0.25) is 0 Å². The molecule has 1 fully saturated rings. The van der Waals surface area contributed by atoms with Gasteiger partial charge in [-0.05, 0) is 24.5 Å². The van der Waals surface area contributed by atoms with Gasteiger partial charge in [0, 0.05) is 38.0 Å². The SMILES string of the molecule is CCc1cnccc1-c1noc(C2(N)CCN(C(C)=O)C2)n1. The van der Waals surface area contributed by atoms with Crippen LogP contribution in [-0.2, 0) is 16.8 Å². The second-order valence-electron chi connectivity index (χ2n) is 5.66. The van der Waals surface area contributed by atoms with E-state index in [4.69, 9.17) is 10.3 Å². The highest BCUT2D eigenvalue weighted by Crippen LogP contribution is 2.30. The van der Waals surface area contributed by atoms with Crippen LogP contribution in [0, 0.1) is 0 Å². The van der Waals surface area contributed by atoms with E-state index in [-0.39, 0.29) is 5.91 Å². The normalized spacial score (nSPS) is 21.3. The van der Waals surface area contributed by atoms with Crippen LogP contribution >= 0.6 is 0 Å². The number of pyridine rings is 1. The van der Waals surface area contributed by atoms with Crippen LogP contribution in [0.5, 0.6) is 0 Å². The van der Waals surface area contributed by atoms with E-state index in [0.29, 0.717) is 31.2 Å². The smallest absolute Gasteiger partial charge is 0.248 e. The highest BCUT2D eigenvalue weighted by Gasteiger charge is 2.42. The molecular formula is C15H19N5O2. The second-order valence-corrected chi connectivity index (χ2v) is 5.66. The van der Waals surface area contributed by atoms with Crippen molar-refractivity contribution < 1.29 is 9.32 Å². The number of nitrogens with zero attached hydrogens (tertiary/aromatic N) is 4. The van der Waals surface area contributed by atoms with E-state index in [1.807, 2.05) is 13.0 Å². The van der Waals surface area contributed by atoms with Crippen LogP contribution in [0.4, 0.5) is 0 Å². The quantitative estimate of drug-likeness (QED) is 0.911. The summed E-state index contributed by atoms with van der Waals surface area (Å²) < 4.78 is 5.39.